The van der Waals surface area contributed by atoms with Crippen LogP contribution in [-0.4, -0.2) is 28.2 Å². The number of imidazole rings is 1. The van der Waals surface area contributed by atoms with Crippen molar-refractivity contribution >= 4 is 5.97 Å². The molecule has 1 aromatic carbocycles. The number of hydrogen-bond donors (Lipinski definition) is 1. The number of esters is 1. The first kappa shape index (κ1) is 22.4. The monoisotopic (exact) mass is 421 g/mol. The average Bonchev–Trinajstić information content (AvgIpc) is 3.04. The Labute approximate surface area is 176 Å². The molecule has 1 saturated carbocycles. The minimum absolute atomic E-state index is 0.142. The van der Waals surface area contributed by atoms with E-state index in [-0.39, 0.29) is 19.4 Å². The quantitative estimate of drug-likeness (QED) is 0.402. The SMILES string of the molecule is Cc1n(CCCCOC(=O)[C@](O)(c2ccccc2)[C@@H]2CCCC(F)(F)C2)cc[n+]1C. The van der Waals surface area contributed by atoms with E-state index in [0.29, 0.717) is 18.4 Å². The number of nitrogens with zero attached hydrogens (tertiary/aromatic N) is 2. The largest absolute Gasteiger partial charge is 0.463 e. The molecule has 164 valence electrons. The van der Waals surface area contributed by atoms with Crippen LogP contribution in [0, 0.1) is 12.8 Å². The zero-order valence-corrected chi connectivity index (χ0v) is 17.7. The molecule has 1 fully saturated rings. The lowest BCUT2D eigenvalue weighted by Gasteiger charge is -2.39. The fourth-order valence-electron chi connectivity index (χ4n) is 4.24. The van der Waals surface area contributed by atoms with Gasteiger partial charge in [-0.3, -0.25) is 0 Å². The summed E-state index contributed by atoms with van der Waals surface area (Å²) < 4.78 is 37.6. The first-order valence-electron chi connectivity index (χ1n) is 10.6. The summed E-state index contributed by atoms with van der Waals surface area (Å²) in [5, 5.41) is 11.4. The summed E-state index contributed by atoms with van der Waals surface area (Å²) in [7, 11) is 1.98. The smallest absolute Gasteiger partial charge is 0.343 e. The molecule has 3 rings (SSSR count). The number of alkyl halides is 2. The van der Waals surface area contributed by atoms with Gasteiger partial charge in [0, 0.05) is 25.7 Å². The number of aliphatic hydroxyl groups is 1. The van der Waals surface area contributed by atoms with Crippen molar-refractivity contribution in [1.29, 1.82) is 0 Å². The Morgan fingerprint density at radius 1 is 1.33 bits per heavy atom. The summed E-state index contributed by atoms with van der Waals surface area (Å²) in [5.41, 5.74) is -1.75. The van der Waals surface area contributed by atoms with Gasteiger partial charge in [0.05, 0.1) is 20.2 Å². The molecule has 1 aliphatic rings. The molecule has 0 unspecified atom stereocenters. The van der Waals surface area contributed by atoms with Gasteiger partial charge in [-0.25, -0.2) is 22.7 Å². The summed E-state index contributed by atoms with van der Waals surface area (Å²) in [6.45, 7) is 2.96. The van der Waals surface area contributed by atoms with Gasteiger partial charge in [0.25, 0.3) is 5.82 Å². The molecular weight excluding hydrogens is 390 g/mol. The van der Waals surface area contributed by atoms with Gasteiger partial charge in [-0.05, 0) is 31.2 Å². The summed E-state index contributed by atoms with van der Waals surface area (Å²) in [4.78, 5) is 12.9. The maximum Gasteiger partial charge on any atom is 0.343 e. The second kappa shape index (κ2) is 9.25. The molecule has 1 aromatic heterocycles. The minimum atomic E-state index is -2.88. The maximum absolute atomic E-state index is 14.0. The Morgan fingerprint density at radius 3 is 2.70 bits per heavy atom. The highest BCUT2D eigenvalue weighted by Gasteiger charge is 2.52. The van der Waals surface area contributed by atoms with Crippen molar-refractivity contribution in [2.75, 3.05) is 6.61 Å². The zero-order chi connectivity index (χ0) is 21.8. The highest BCUT2D eigenvalue weighted by atomic mass is 19.3. The fourth-order valence-corrected chi connectivity index (χ4v) is 4.24. The van der Waals surface area contributed by atoms with Crippen molar-refractivity contribution in [3.8, 4) is 0 Å². The molecule has 0 radical (unpaired) electrons. The van der Waals surface area contributed by atoms with Crippen molar-refractivity contribution in [3.63, 3.8) is 0 Å². The standard InChI is InChI=1S/C23H31F2N2O3/c1-18-26(2)14-15-27(18)13-6-7-16-30-21(28)23(29,19-9-4-3-5-10-19)20-11-8-12-22(24,25)17-20/h3-5,9-10,14-15,20,29H,6-8,11-13,16-17H2,1-2H3/q+1/t20-,23+/m1/s1. The predicted molar refractivity (Wildman–Crippen MR) is 108 cm³/mol. The molecule has 0 bridgehead atoms. The van der Waals surface area contributed by atoms with Crippen molar-refractivity contribution in [2.24, 2.45) is 13.0 Å². The van der Waals surface area contributed by atoms with E-state index in [9.17, 15) is 18.7 Å². The molecule has 5 nitrogen and oxygen atoms in total. The second-order valence-corrected chi connectivity index (χ2v) is 8.27. The van der Waals surface area contributed by atoms with E-state index in [1.807, 2.05) is 30.9 Å². The number of unbranched alkanes of at least 4 members (excludes halogenated alkanes) is 1. The molecule has 1 heterocycles. The van der Waals surface area contributed by atoms with Crippen molar-refractivity contribution in [1.82, 2.24) is 4.57 Å². The Morgan fingerprint density at radius 2 is 2.07 bits per heavy atom. The van der Waals surface area contributed by atoms with Gasteiger partial charge in [-0.15, -0.1) is 0 Å². The van der Waals surface area contributed by atoms with Crippen molar-refractivity contribution in [2.45, 2.75) is 63.5 Å². The summed E-state index contributed by atoms with van der Waals surface area (Å²) >= 11 is 0. The van der Waals surface area contributed by atoms with Crippen molar-refractivity contribution < 1.29 is 28.0 Å². The highest BCUT2D eigenvalue weighted by Crippen LogP contribution is 2.45. The molecule has 2 aromatic rings. The van der Waals surface area contributed by atoms with Gasteiger partial charge < -0.3 is 9.84 Å². The molecule has 0 aliphatic heterocycles. The van der Waals surface area contributed by atoms with Gasteiger partial charge >= 0.3 is 5.97 Å². The van der Waals surface area contributed by atoms with Crippen LogP contribution in [0.1, 0.15) is 49.9 Å². The van der Waals surface area contributed by atoms with Crippen LogP contribution in [0.2, 0.25) is 0 Å². The minimum Gasteiger partial charge on any atom is -0.463 e. The van der Waals surface area contributed by atoms with E-state index in [1.54, 1.807) is 30.3 Å². The molecule has 30 heavy (non-hydrogen) atoms. The molecule has 0 amide bonds. The molecule has 7 heteroatoms. The molecular formula is C23H31F2N2O3+. The van der Waals surface area contributed by atoms with Gasteiger partial charge in [-0.2, -0.15) is 0 Å². The first-order chi connectivity index (χ1) is 14.2. The topological polar surface area (TPSA) is 55.3 Å². The summed E-state index contributed by atoms with van der Waals surface area (Å²) in [6, 6.07) is 8.33. The van der Waals surface area contributed by atoms with Gasteiger partial charge in [0.2, 0.25) is 5.92 Å². The first-order valence-corrected chi connectivity index (χ1v) is 10.6. The number of ether oxygens (including phenoxy) is 1. The lowest BCUT2D eigenvalue weighted by molar-refractivity contribution is -0.677. The number of hydrogen-bond acceptors (Lipinski definition) is 3. The van der Waals surface area contributed by atoms with E-state index in [0.717, 1.165) is 18.8 Å². The normalized spacial score (nSPS) is 20.5. The highest BCUT2D eigenvalue weighted by molar-refractivity contribution is 5.81. The van der Waals surface area contributed by atoms with Crippen LogP contribution < -0.4 is 4.57 Å². The number of aryl methyl sites for hydroxylation is 2. The Balaban J connectivity index is 1.63. The molecule has 2 atom stereocenters. The molecule has 1 N–H and O–H groups in total. The van der Waals surface area contributed by atoms with E-state index in [1.165, 1.54) is 0 Å². The Hall–Kier alpha value is -2.28. The molecule has 0 spiro atoms. The third-order valence-electron chi connectivity index (χ3n) is 6.18. The Kier molecular flexibility index (Phi) is 6.91. The van der Waals surface area contributed by atoms with Crippen LogP contribution >= 0.6 is 0 Å². The number of benzene rings is 1. The zero-order valence-electron chi connectivity index (χ0n) is 17.7. The van der Waals surface area contributed by atoms with E-state index in [2.05, 4.69) is 4.57 Å². The predicted octanol–water partition coefficient (Wildman–Crippen LogP) is 3.66. The average molecular weight is 422 g/mol. The van der Waals surface area contributed by atoms with E-state index >= 15 is 0 Å². The Bertz CT molecular complexity index is 853. The fraction of sp³-hybridized carbons (Fsp3) is 0.565. The van der Waals surface area contributed by atoms with Crippen molar-refractivity contribution in [3.05, 3.63) is 54.1 Å². The number of carbonyl (C=O) groups is 1. The van der Waals surface area contributed by atoms with Crippen LogP contribution in [-0.2, 0) is 28.7 Å². The lowest BCUT2D eigenvalue weighted by atomic mass is 9.72. The second-order valence-electron chi connectivity index (χ2n) is 8.27. The van der Waals surface area contributed by atoms with E-state index in [4.69, 9.17) is 4.74 Å². The van der Waals surface area contributed by atoms with Crippen LogP contribution in [0.5, 0.6) is 0 Å². The summed E-state index contributed by atoms with van der Waals surface area (Å²) in [6.07, 6.45) is 5.31. The lowest BCUT2D eigenvalue weighted by Crippen LogP contribution is -2.48. The summed E-state index contributed by atoms with van der Waals surface area (Å²) in [5.74, 6) is -3.46. The number of rotatable bonds is 8. The third kappa shape index (κ3) is 4.89. The van der Waals surface area contributed by atoms with E-state index < -0.39 is 29.8 Å². The third-order valence-corrected chi connectivity index (χ3v) is 6.18. The number of halogens is 2. The molecule has 1 aliphatic carbocycles. The van der Waals surface area contributed by atoms with Crippen LogP contribution in [0.25, 0.3) is 0 Å². The number of carbonyl (C=O) groups excluding carboxylic acids is 1. The maximum atomic E-state index is 14.0. The van der Waals surface area contributed by atoms with Gasteiger partial charge in [0.1, 0.15) is 12.4 Å². The van der Waals surface area contributed by atoms with Crippen LogP contribution in [0.3, 0.4) is 0 Å². The van der Waals surface area contributed by atoms with Gasteiger partial charge in [0.15, 0.2) is 5.60 Å². The number of aromatic nitrogens is 2. The van der Waals surface area contributed by atoms with Gasteiger partial charge in [-0.1, -0.05) is 30.3 Å². The van der Waals surface area contributed by atoms with Crippen LogP contribution in [0.15, 0.2) is 42.7 Å². The van der Waals surface area contributed by atoms with Crippen LogP contribution in [0.4, 0.5) is 8.78 Å². The molecule has 0 saturated heterocycles.